The van der Waals surface area contributed by atoms with Gasteiger partial charge in [0.1, 0.15) is 0 Å². The monoisotopic (exact) mass is 392 g/mol. The topological polar surface area (TPSA) is 76.8 Å². The van der Waals surface area contributed by atoms with Gasteiger partial charge in [0, 0.05) is 36.1 Å². The van der Waals surface area contributed by atoms with Crippen molar-refractivity contribution in [2.24, 2.45) is 0 Å². The maximum absolute atomic E-state index is 12.5. The SMILES string of the molecule is Cc1cc2nc(C)c(CCC(=O)OCC(=O)N3CCc4ccccc43)c(C)n2n1. The van der Waals surface area contributed by atoms with Gasteiger partial charge in [-0.15, -0.1) is 0 Å². The molecule has 0 saturated heterocycles. The Kier molecular flexibility index (Phi) is 5.05. The van der Waals surface area contributed by atoms with Crippen LogP contribution < -0.4 is 4.90 Å². The number of nitrogens with zero attached hydrogens (tertiary/aromatic N) is 4. The second-order valence-electron chi connectivity index (χ2n) is 7.40. The van der Waals surface area contributed by atoms with E-state index in [4.69, 9.17) is 4.74 Å². The third-order valence-corrected chi connectivity index (χ3v) is 5.41. The van der Waals surface area contributed by atoms with Crippen molar-refractivity contribution in [3.8, 4) is 0 Å². The molecule has 1 aliphatic rings. The minimum absolute atomic E-state index is 0.189. The summed E-state index contributed by atoms with van der Waals surface area (Å²) >= 11 is 0. The lowest BCUT2D eigenvalue weighted by Gasteiger charge is -2.17. The van der Waals surface area contributed by atoms with Crippen molar-refractivity contribution in [1.29, 1.82) is 0 Å². The third kappa shape index (κ3) is 3.72. The van der Waals surface area contributed by atoms with E-state index < -0.39 is 0 Å². The average Bonchev–Trinajstić information content (AvgIpc) is 3.29. The van der Waals surface area contributed by atoms with Gasteiger partial charge in [0.15, 0.2) is 12.3 Å². The average molecular weight is 392 g/mol. The zero-order valence-electron chi connectivity index (χ0n) is 16.9. The van der Waals surface area contributed by atoms with Crippen LogP contribution in [0.5, 0.6) is 0 Å². The maximum Gasteiger partial charge on any atom is 0.306 e. The van der Waals surface area contributed by atoms with Crippen molar-refractivity contribution >= 4 is 23.2 Å². The highest BCUT2D eigenvalue weighted by molar-refractivity contribution is 5.97. The number of para-hydroxylation sites is 1. The number of hydrogen-bond acceptors (Lipinski definition) is 5. The molecule has 2 aromatic heterocycles. The van der Waals surface area contributed by atoms with Gasteiger partial charge in [0.2, 0.25) is 0 Å². The molecule has 3 heterocycles. The van der Waals surface area contributed by atoms with Gasteiger partial charge in [0.25, 0.3) is 5.91 Å². The summed E-state index contributed by atoms with van der Waals surface area (Å²) in [4.78, 5) is 31.0. The van der Waals surface area contributed by atoms with Crippen LogP contribution >= 0.6 is 0 Å². The van der Waals surface area contributed by atoms with Gasteiger partial charge >= 0.3 is 5.97 Å². The molecule has 0 bridgehead atoms. The number of esters is 1. The van der Waals surface area contributed by atoms with Crippen LogP contribution in [0, 0.1) is 20.8 Å². The molecule has 0 N–H and O–H groups in total. The van der Waals surface area contributed by atoms with Gasteiger partial charge in [0.05, 0.1) is 5.69 Å². The van der Waals surface area contributed by atoms with E-state index in [1.165, 1.54) is 0 Å². The number of anilines is 1. The van der Waals surface area contributed by atoms with E-state index >= 15 is 0 Å². The molecule has 29 heavy (non-hydrogen) atoms. The largest absolute Gasteiger partial charge is 0.456 e. The first kappa shape index (κ1) is 19.1. The number of fused-ring (bicyclic) bond motifs is 2. The minimum atomic E-state index is -0.388. The van der Waals surface area contributed by atoms with E-state index in [9.17, 15) is 9.59 Å². The summed E-state index contributed by atoms with van der Waals surface area (Å²) in [6.45, 7) is 6.23. The Bertz CT molecular complexity index is 1100. The molecule has 150 valence electrons. The Hall–Kier alpha value is -3.22. The fraction of sp³-hybridized carbons (Fsp3) is 0.364. The van der Waals surface area contributed by atoms with E-state index in [0.29, 0.717) is 13.0 Å². The number of carbonyl (C=O) groups excluding carboxylic acids is 2. The van der Waals surface area contributed by atoms with Crippen LogP contribution in [0.1, 0.15) is 34.6 Å². The normalized spacial score (nSPS) is 13.0. The Morgan fingerprint density at radius 1 is 1.17 bits per heavy atom. The maximum atomic E-state index is 12.5. The van der Waals surface area contributed by atoms with Crippen LogP contribution in [-0.2, 0) is 27.2 Å². The lowest BCUT2D eigenvalue weighted by Crippen LogP contribution is -2.33. The van der Waals surface area contributed by atoms with Crippen LogP contribution in [0.25, 0.3) is 5.65 Å². The van der Waals surface area contributed by atoms with Gasteiger partial charge in [-0.1, -0.05) is 18.2 Å². The summed E-state index contributed by atoms with van der Waals surface area (Å²) in [5.74, 6) is -0.577. The van der Waals surface area contributed by atoms with E-state index in [0.717, 1.165) is 46.0 Å². The lowest BCUT2D eigenvalue weighted by atomic mass is 10.1. The summed E-state index contributed by atoms with van der Waals surface area (Å²) in [5, 5.41) is 4.45. The Morgan fingerprint density at radius 2 is 1.97 bits per heavy atom. The molecular weight excluding hydrogens is 368 g/mol. The predicted molar refractivity (Wildman–Crippen MR) is 109 cm³/mol. The number of ether oxygens (including phenoxy) is 1. The zero-order valence-corrected chi connectivity index (χ0v) is 16.9. The van der Waals surface area contributed by atoms with Crippen LogP contribution in [-0.4, -0.2) is 39.6 Å². The first-order chi connectivity index (χ1) is 13.9. The number of amides is 1. The summed E-state index contributed by atoms with van der Waals surface area (Å²) in [6.07, 6.45) is 1.52. The lowest BCUT2D eigenvalue weighted by molar-refractivity contribution is -0.147. The second-order valence-corrected chi connectivity index (χ2v) is 7.40. The number of carbonyl (C=O) groups is 2. The van der Waals surface area contributed by atoms with E-state index in [1.807, 2.05) is 51.1 Å². The molecule has 0 radical (unpaired) electrons. The molecule has 7 heteroatoms. The van der Waals surface area contributed by atoms with Crippen molar-refractivity contribution in [2.75, 3.05) is 18.1 Å². The van der Waals surface area contributed by atoms with Crippen molar-refractivity contribution < 1.29 is 14.3 Å². The summed E-state index contributed by atoms with van der Waals surface area (Å²) in [5.41, 5.74) is 6.60. The highest BCUT2D eigenvalue weighted by Gasteiger charge is 2.25. The van der Waals surface area contributed by atoms with Crippen molar-refractivity contribution in [3.05, 3.63) is 58.5 Å². The first-order valence-corrected chi connectivity index (χ1v) is 9.80. The Labute approximate surface area is 169 Å². The molecule has 4 rings (SSSR count). The number of benzene rings is 1. The number of aryl methyl sites for hydroxylation is 3. The molecule has 0 atom stereocenters. The first-order valence-electron chi connectivity index (χ1n) is 9.80. The molecule has 1 aliphatic heterocycles. The Morgan fingerprint density at radius 3 is 2.79 bits per heavy atom. The molecule has 0 fully saturated rings. The number of aromatic nitrogens is 3. The zero-order chi connectivity index (χ0) is 20.5. The minimum Gasteiger partial charge on any atom is -0.456 e. The highest BCUT2D eigenvalue weighted by atomic mass is 16.5. The van der Waals surface area contributed by atoms with Crippen molar-refractivity contribution in [1.82, 2.24) is 14.6 Å². The summed E-state index contributed by atoms with van der Waals surface area (Å²) in [6, 6.07) is 9.75. The fourth-order valence-corrected chi connectivity index (χ4v) is 3.92. The van der Waals surface area contributed by atoms with Crippen LogP contribution in [0.15, 0.2) is 30.3 Å². The molecule has 3 aromatic rings. The van der Waals surface area contributed by atoms with Gasteiger partial charge in [-0.25, -0.2) is 9.50 Å². The standard InChI is InChI=1S/C22H24N4O3/c1-14-12-20-23-15(2)18(16(3)26(20)24-14)8-9-22(28)29-13-21(27)25-11-10-17-6-4-5-7-19(17)25/h4-7,12H,8-11,13H2,1-3H3. The van der Waals surface area contributed by atoms with Crippen LogP contribution in [0.3, 0.4) is 0 Å². The molecule has 0 saturated carbocycles. The third-order valence-electron chi connectivity index (χ3n) is 5.41. The summed E-state index contributed by atoms with van der Waals surface area (Å²) < 4.78 is 7.05. The smallest absolute Gasteiger partial charge is 0.306 e. The molecule has 0 spiro atoms. The molecule has 0 aliphatic carbocycles. The molecule has 1 aromatic carbocycles. The van der Waals surface area contributed by atoms with E-state index in [2.05, 4.69) is 10.1 Å². The van der Waals surface area contributed by atoms with Crippen molar-refractivity contribution in [2.45, 2.75) is 40.0 Å². The predicted octanol–water partition coefficient (Wildman–Crippen LogP) is 2.72. The van der Waals surface area contributed by atoms with E-state index in [-0.39, 0.29) is 24.9 Å². The fourth-order valence-electron chi connectivity index (χ4n) is 3.92. The van der Waals surface area contributed by atoms with E-state index in [1.54, 1.807) is 9.42 Å². The Balaban J connectivity index is 1.35. The second kappa shape index (κ2) is 7.66. The molecular formula is C22H24N4O3. The summed E-state index contributed by atoms with van der Waals surface area (Å²) in [7, 11) is 0. The van der Waals surface area contributed by atoms with Crippen LogP contribution in [0.4, 0.5) is 5.69 Å². The number of hydrogen-bond donors (Lipinski definition) is 0. The van der Waals surface area contributed by atoms with Gasteiger partial charge < -0.3 is 9.64 Å². The quantitative estimate of drug-likeness (QED) is 0.624. The number of rotatable bonds is 5. The van der Waals surface area contributed by atoms with Gasteiger partial charge in [-0.05, 0) is 50.8 Å². The van der Waals surface area contributed by atoms with Gasteiger partial charge in [-0.3, -0.25) is 9.59 Å². The molecule has 7 nitrogen and oxygen atoms in total. The molecule has 0 unspecified atom stereocenters. The van der Waals surface area contributed by atoms with Crippen LogP contribution in [0.2, 0.25) is 0 Å². The van der Waals surface area contributed by atoms with Gasteiger partial charge in [-0.2, -0.15) is 5.10 Å². The highest BCUT2D eigenvalue weighted by Crippen LogP contribution is 2.27. The van der Waals surface area contributed by atoms with Crippen molar-refractivity contribution in [3.63, 3.8) is 0 Å². The molecule has 1 amide bonds.